The van der Waals surface area contributed by atoms with Crippen LogP contribution < -0.4 is 10.5 Å². The molecule has 5 atom stereocenters. The number of methoxy groups -OCH3 is 1. The van der Waals surface area contributed by atoms with Gasteiger partial charge in [0, 0.05) is 5.56 Å². The highest BCUT2D eigenvalue weighted by Crippen LogP contribution is 2.37. The Labute approximate surface area is 166 Å². The number of imidazole rings is 1. The fourth-order valence-electron chi connectivity index (χ4n) is 3.39. The molecule has 156 valence electrons. The molecule has 1 aromatic carbocycles. The van der Waals surface area contributed by atoms with E-state index in [1.165, 1.54) is 22.3 Å². The minimum absolute atomic E-state index is 0.217. The predicted molar refractivity (Wildman–Crippen MR) is 99.9 cm³/mol. The lowest BCUT2D eigenvalue weighted by molar-refractivity contribution is -0.137. The summed E-state index contributed by atoms with van der Waals surface area (Å²) in [6.07, 6.45) is -2.19. The maximum Gasteiger partial charge on any atom is 0.165 e. The molecule has 0 saturated carbocycles. The average Bonchev–Trinajstić information content (AvgIpc) is 3.29. The van der Waals surface area contributed by atoms with Gasteiger partial charge < -0.3 is 30.5 Å². The molecule has 2 aromatic rings. The summed E-state index contributed by atoms with van der Waals surface area (Å²) in [6.45, 7) is -0.201. The van der Waals surface area contributed by atoms with Crippen LogP contribution in [0.5, 0.6) is 5.75 Å². The minimum Gasteiger partial charge on any atom is -0.496 e. The Morgan fingerprint density at radius 3 is 2.76 bits per heavy atom. The lowest BCUT2D eigenvalue weighted by Gasteiger charge is -2.28. The first-order valence-electron chi connectivity index (χ1n) is 9.07. The van der Waals surface area contributed by atoms with E-state index in [1.54, 1.807) is 7.11 Å². The summed E-state index contributed by atoms with van der Waals surface area (Å²) in [7, 11) is 1.59. The van der Waals surface area contributed by atoms with Crippen LogP contribution >= 0.6 is 0 Å². The standard InChI is InChI=1S/C18H23N5O6/c1-27-11-5-3-2-4-10(11)7-28-23-9-21-17-13(16(23)19)20-8-22(17)18-15(26)14(25)12(6-24)29-18/h2-5,8-9,12,14-16,18,24-26H,6-7,19H2,1H3/t12-,14?,15?,16?,18-/m1/s1. The molecule has 3 unspecified atom stereocenters. The summed E-state index contributed by atoms with van der Waals surface area (Å²) in [5.41, 5.74) is 7.53. The molecule has 0 amide bonds. The van der Waals surface area contributed by atoms with Gasteiger partial charge in [0.2, 0.25) is 0 Å². The second kappa shape index (κ2) is 8.06. The van der Waals surface area contributed by atoms with E-state index in [-0.39, 0.29) is 6.61 Å². The molecule has 11 nitrogen and oxygen atoms in total. The highest BCUT2D eigenvalue weighted by atomic mass is 16.7. The molecule has 2 aliphatic heterocycles. The third-order valence-corrected chi connectivity index (χ3v) is 5.00. The summed E-state index contributed by atoms with van der Waals surface area (Å²) in [6, 6.07) is 7.47. The molecular weight excluding hydrogens is 382 g/mol. The lowest BCUT2D eigenvalue weighted by atomic mass is 10.1. The summed E-state index contributed by atoms with van der Waals surface area (Å²) in [5, 5.41) is 30.9. The Kier molecular flexibility index (Phi) is 5.50. The second-order valence-electron chi connectivity index (χ2n) is 6.72. The van der Waals surface area contributed by atoms with Gasteiger partial charge in [-0.3, -0.25) is 9.40 Å². The molecule has 0 aliphatic carbocycles. The Morgan fingerprint density at radius 2 is 2.03 bits per heavy atom. The van der Waals surface area contributed by atoms with Crippen LogP contribution in [0.4, 0.5) is 5.82 Å². The number of hydrogen-bond acceptors (Lipinski definition) is 10. The number of fused-ring (bicyclic) bond motifs is 1. The average molecular weight is 405 g/mol. The number of rotatable bonds is 6. The number of nitrogens with zero attached hydrogens (tertiary/aromatic N) is 4. The first-order valence-corrected chi connectivity index (χ1v) is 9.07. The molecular formula is C18H23N5O6. The van der Waals surface area contributed by atoms with Crippen molar-refractivity contribution < 1.29 is 29.6 Å². The normalized spacial score (nSPS) is 28.6. The van der Waals surface area contributed by atoms with Crippen molar-refractivity contribution in [3.63, 3.8) is 0 Å². The van der Waals surface area contributed by atoms with E-state index in [0.717, 1.165) is 5.56 Å². The second-order valence-corrected chi connectivity index (χ2v) is 6.72. The zero-order chi connectivity index (χ0) is 20.5. The molecule has 0 spiro atoms. The number of benzene rings is 1. The van der Waals surface area contributed by atoms with Crippen LogP contribution in [0.25, 0.3) is 0 Å². The molecule has 3 heterocycles. The van der Waals surface area contributed by atoms with Crippen LogP contribution in [0.1, 0.15) is 23.7 Å². The highest BCUT2D eigenvalue weighted by molar-refractivity contribution is 5.64. The van der Waals surface area contributed by atoms with E-state index in [1.807, 2.05) is 24.3 Å². The maximum absolute atomic E-state index is 10.2. The topological polar surface area (TPSA) is 148 Å². The SMILES string of the molecule is COc1ccccc1CON1C=Nc2c(ncn2[C@@H]2O[C@H](CO)C(O)C2O)C1N. The van der Waals surface area contributed by atoms with E-state index in [0.29, 0.717) is 17.3 Å². The number of nitrogens with two attached hydrogens (primary N) is 1. The van der Waals surface area contributed by atoms with Crippen LogP contribution in [0.2, 0.25) is 0 Å². The third kappa shape index (κ3) is 3.48. The van der Waals surface area contributed by atoms with Gasteiger partial charge >= 0.3 is 0 Å². The zero-order valence-corrected chi connectivity index (χ0v) is 15.7. The number of aliphatic hydroxyl groups excluding tert-OH is 3. The minimum atomic E-state index is -1.24. The largest absolute Gasteiger partial charge is 0.496 e. The molecule has 1 saturated heterocycles. The van der Waals surface area contributed by atoms with E-state index in [4.69, 9.17) is 20.0 Å². The number of aliphatic hydroxyl groups is 3. The number of para-hydroxylation sites is 1. The van der Waals surface area contributed by atoms with Gasteiger partial charge in [-0.1, -0.05) is 18.2 Å². The van der Waals surface area contributed by atoms with Gasteiger partial charge in [0.15, 0.2) is 18.2 Å². The molecule has 4 rings (SSSR count). The Morgan fingerprint density at radius 1 is 1.24 bits per heavy atom. The summed E-state index contributed by atoms with van der Waals surface area (Å²) in [5.74, 6) is 1.08. The van der Waals surface area contributed by atoms with Crippen LogP contribution in [0.3, 0.4) is 0 Å². The van der Waals surface area contributed by atoms with E-state index < -0.39 is 37.3 Å². The molecule has 29 heavy (non-hydrogen) atoms. The molecule has 2 aliphatic rings. The molecule has 5 N–H and O–H groups in total. The van der Waals surface area contributed by atoms with Gasteiger partial charge in [0.1, 0.15) is 42.7 Å². The fourth-order valence-corrected chi connectivity index (χ4v) is 3.39. The Bertz CT molecular complexity index is 889. The molecule has 1 fully saturated rings. The van der Waals surface area contributed by atoms with E-state index in [2.05, 4.69) is 9.98 Å². The number of aliphatic imine (C=N–C) groups is 1. The van der Waals surface area contributed by atoms with Crippen molar-refractivity contribution in [1.82, 2.24) is 14.6 Å². The number of aromatic nitrogens is 2. The fraction of sp³-hybridized carbons (Fsp3) is 0.444. The van der Waals surface area contributed by atoms with Crippen molar-refractivity contribution in [2.75, 3.05) is 13.7 Å². The summed E-state index contributed by atoms with van der Waals surface area (Å²) in [4.78, 5) is 14.4. The number of ether oxygens (including phenoxy) is 2. The van der Waals surface area contributed by atoms with Crippen LogP contribution in [-0.4, -0.2) is 68.3 Å². The van der Waals surface area contributed by atoms with Gasteiger partial charge in [-0.2, -0.15) is 0 Å². The molecule has 1 aromatic heterocycles. The van der Waals surface area contributed by atoms with Gasteiger partial charge in [-0.05, 0) is 6.07 Å². The third-order valence-electron chi connectivity index (χ3n) is 5.00. The smallest absolute Gasteiger partial charge is 0.165 e. The Hall–Kier alpha value is -2.54. The van der Waals surface area contributed by atoms with Crippen molar-refractivity contribution in [1.29, 1.82) is 0 Å². The first kappa shape index (κ1) is 19.8. The predicted octanol–water partition coefficient (Wildman–Crippen LogP) is -0.432. The van der Waals surface area contributed by atoms with Crippen LogP contribution in [0.15, 0.2) is 35.6 Å². The van der Waals surface area contributed by atoms with Crippen molar-refractivity contribution in [2.45, 2.75) is 37.3 Å². The van der Waals surface area contributed by atoms with Crippen molar-refractivity contribution in [3.8, 4) is 5.75 Å². The van der Waals surface area contributed by atoms with E-state index in [9.17, 15) is 15.3 Å². The van der Waals surface area contributed by atoms with Crippen molar-refractivity contribution in [3.05, 3.63) is 41.9 Å². The first-order chi connectivity index (χ1) is 14.0. The summed E-state index contributed by atoms with van der Waals surface area (Å²) < 4.78 is 12.3. The highest BCUT2D eigenvalue weighted by Gasteiger charge is 2.44. The van der Waals surface area contributed by atoms with Crippen molar-refractivity contribution in [2.24, 2.45) is 10.7 Å². The van der Waals surface area contributed by atoms with Crippen molar-refractivity contribution >= 4 is 12.2 Å². The Balaban J connectivity index is 1.50. The van der Waals surface area contributed by atoms with E-state index >= 15 is 0 Å². The van der Waals surface area contributed by atoms with Gasteiger partial charge in [0.25, 0.3) is 0 Å². The lowest BCUT2D eigenvalue weighted by Crippen LogP contribution is -2.36. The van der Waals surface area contributed by atoms with Crippen LogP contribution in [-0.2, 0) is 16.2 Å². The molecule has 0 radical (unpaired) electrons. The molecule has 11 heteroatoms. The van der Waals surface area contributed by atoms with Gasteiger partial charge in [0.05, 0.1) is 20.0 Å². The quantitative estimate of drug-likeness (QED) is 0.502. The van der Waals surface area contributed by atoms with Gasteiger partial charge in [-0.15, -0.1) is 0 Å². The monoisotopic (exact) mass is 405 g/mol. The summed E-state index contributed by atoms with van der Waals surface area (Å²) >= 11 is 0. The maximum atomic E-state index is 10.2. The van der Waals surface area contributed by atoms with Crippen LogP contribution in [0, 0.1) is 0 Å². The zero-order valence-electron chi connectivity index (χ0n) is 15.7. The van der Waals surface area contributed by atoms with Gasteiger partial charge in [-0.25, -0.2) is 15.0 Å². The number of hydrogen-bond donors (Lipinski definition) is 4. The number of hydroxylamine groups is 2. The molecule has 0 bridgehead atoms.